The van der Waals surface area contributed by atoms with Gasteiger partial charge in [-0.2, -0.15) is 5.10 Å². The monoisotopic (exact) mass is 471 g/mol. The van der Waals surface area contributed by atoms with Gasteiger partial charge in [-0.3, -0.25) is 9.59 Å². The van der Waals surface area contributed by atoms with E-state index in [1.807, 2.05) is 36.4 Å². The summed E-state index contributed by atoms with van der Waals surface area (Å²) >= 11 is 3.44. The summed E-state index contributed by atoms with van der Waals surface area (Å²) in [7, 11) is 0. The lowest BCUT2D eigenvalue weighted by molar-refractivity contribution is -0.141. The Hall–Kier alpha value is -2.67. The number of carboxylic acids is 1. The van der Waals surface area contributed by atoms with E-state index in [1.165, 1.54) is 5.01 Å². The van der Waals surface area contributed by atoms with Gasteiger partial charge in [0, 0.05) is 36.1 Å². The van der Waals surface area contributed by atoms with Crippen LogP contribution in [-0.4, -0.2) is 40.8 Å². The number of benzene rings is 2. The average Bonchev–Trinajstić information content (AvgIpc) is 3.19. The van der Waals surface area contributed by atoms with Crippen molar-refractivity contribution < 1.29 is 14.7 Å². The normalized spacial score (nSPS) is 15.8. The summed E-state index contributed by atoms with van der Waals surface area (Å²) in [4.78, 5) is 26.0. The molecule has 0 aliphatic carbocycles. The Morgan fingerprint density at radius 3 is 2.27 bits per heavy atom. The molecule has 6 nitrogen and oxygen atoms in total. The number of nitrogens with zero attached hydrogens (tertiary/aromatic N) is 3. The Balaban J connectivity index is 1.88. The molecule has 0 saturated carbocycles. The van der Waals surface area contributed by atoms with E-state index in [-0.39, 0.29) is 24.8 Å². The Bertz CT molecular complexity index is 922. The smallest absolute Gasteiger partial charge is 0.303 e. The summed E-state index contributed by atoms with van der Waals surface area (Å²) < 4.78 is 0.975. The highest BCUT2D eigenvalue weighted by atomic mass is 79.9. The van der Waals surface area contributed by atoms with Crippen molar-refractivity contribution in [3.63, 3.8) is 0 Å². The molecule has 0 fully saturated rings. The Labute approximate surface area is 185 Å². The Morgan fingerprint density at radius 2 is 1.70 bits per heavy atom. The van der Waals surface area contributed by atoms with Crippen LogP contribution >= 0.6 is 15.9 Å². The maximum absolute atomic E-state index is 12.8. The molecule has 2 aromatic rings. The fourth-order valence-corrected chi connectivity index (χ4v) is 3.91. The van der Waals surface area contributed by atoms with Gasteiger partial charge in [-0.1, -0.05) is 40.2 Å². The summed E-state index contributed by atoms with van der Waals surface area (Å²) in [6.45, 7) is 6.09. The summed E-state index contributed by atoms with van der Waals surface area (Å²) in [5, 5.41) is 15.0. The second-order valence-corrected chi connectivity index (χ2v) is 8.09. The van der Waals surface area contributed by atoms with E-state index in [4.69, 9.17) is 5.11 Å². The highest BCUT2D eigenvalue weighted by Gasteiger charge is 2.33. The Morgan fingerprint density at radius 1 is 1.07 bits per heavy atom. The number of anilines is 1. The highest BCUT2D eigenvalue weighted by Crippen LogP contribution is 2.34. The van der Waals surface area contributed by atoms with Gasteiger partial charge in [0.1, 0.15) is 0 Å². The fraction of sp³-hybridized carbons (Fsp3) is 0.348. The maximum atomic E-state index is 12.8. The van der Waals surface area contributed by atoms with Crippen molar-refractivity contribution >= 4 is 39.2 Å². The molecule has 3 rings (SSSR count). The molecule has 0 unspecified atom stereocenters. The van der Waals surface area contributed by atoms with Crippen LogP contribution in [0.1, 0.15) is 50.3 Å². The minimum atomic E-state index is -0.986. The number of halogens is 1. The van der Waals surface area contributed by atoms with Crippen LogP contribution in [0.3, 0.4) is 0 Å². The van der Waals surface area contributed by atoms with Gasteiger partial charge in [0.25, 0.3) is 0 Å². The minimum Gasteiger partial charge on any atom is -0.481 e. The predicted molar refractivity (Wildman–Crippen MR) is 122 cm³/mol. The molecular formula is C23H26BrN3O3. The zero-order chi connectivity index (χ0) is 21.7. The van der Waals surface area contributed by atoms with Crippen molar-refractivity contribution in [2.45, 2.75) is 39.2 Å². The van der Waals surface area contributed by atoms with Crippen molar-refractivity contribution in [2.24, 2.45) is 5.10 Å². The van der Waals surface area contributed by atoms with E-state index in [0.717, 1.165) is 40.1 Å². The third-order valence-corrected chi connectivity index (χ3v) is 5.83. The van der Waals surface area contributed by atoms with Gasteiger partial charge in [0.2, 0.25) is 5.91 Å². The quantitative estimate of drug-likeness (QED) is 0.597. The lowest BCUT2D eigenvalue weighted by Gasteiger charge is -2.24. The minimum absolute atomic E-state index is 0.0690. The van der Waals surface area contributed by atoms with Gasteiger partial charge < -0.3 is 10.0 Å². The van der Waals surface area contributed by atoms with Gasteiger partial charge in [-0.05, 0) is 49.2 Å². The van der Waals surface area contributed by atoms with Gasteiger partial charge in [-0.25, -0.2) is 5.01 Å². The van der Waals surface area contributed by atoms with Crippen molar-refractivity contribution in [2.75, 3.05) is 18.0 Å². The molecule has 0 bridgehead atoms. The van der Waals surface area contributed by atoms with Crippen LogP contribution in [-0.2, 0) is 9.59 Å². The topological polar surface area (TPSA) is 73.2 Å². The van der Waals surface area contributed by atoms with Crippen molar-refractivity contribution in [3.8, 4) is 0 Å². The van der Waals surface area contributed by atoms with Crippen LogP contribution in [0.4, 0.5) is 5.69 Å². The molecule has 0 radical (unpaired) electrons. The van der Waals surface area contributed by atoms with E-state index >= 15 is 0 Å². The fourth-order valence-electron chi connectivity index (χ4n) is 3.64. The standard InChI is InChI=1S/C23H26BrN3O3/c1-3-26(4-2)19-11-7-17(8-12-19)21-15-20(16-5-9-18(24)10-6-16)25-27(21)22(28)13-14-23(29)30/h5-12,21H,3-4,13-15H2,1-2H3,(H,29,30)/t21-/m1/s1. The molecule has 1 aliphatic rings. The zero-order valence-electron chi connectivity index (χ0n) is 17.2. The van der Waals surface area contributed by atoms with Crippen LogP contribution in [0.5, 0.6) is 0 Å². The lowest BCUT2D eigenvalue weighted by Crippen LogP contribution is -2.27. The number of amides is 1. The Kier molecular flexibility index (Phi) is 7.26. The molecule has 1 amide bonds. The van der Waals surface area contributed by atoms with E-state index in [2.05, 4.69) is 51.9 Å². The second kappa shape index (κ2) is 9.89. The molecule has 158 valence electrons. The van der Waals surface area contributed by atoms with Crippen molar-refractivity contribution in [3.05, 3.63) is 64.1 Å². The van der Waals surface area contributed by atoms with Crippen molar-refractivity contribution in [1.82, 2.24) is 5.01 Å². The van der Waals surface area contributed by atoms with Crippen LogP contribution in [0.25, 0.3) is 0 Å². The number of hydrazone groups is 1. The van der Waals surface area contributed by atoms with E-state index < -0.39 is 5.97 Å². The van der Waals surface area contributed by atoms with Crippen molar-refractivity contribution in [1.29, 1.82) is 0 Å². The molecule has 1 aliphatic heterocycles. The molecule has 1 atom stereocenters. The third kappa shape index (κ3) is 5.08. The molecule has 1 N–H and O–H groups in total. The lowest BCUT2D eigenvalue weighted by atomic mass is 9.98. The number of carbonyl (C=O) groups excluding carboxylic acids is 1. The molecule has 1 heterocycles. The summed E-state index contributed by atoms with van der Waals surface area (Å²) in [6.07, 6.45) is 0.317. The predicted octanol–water partition coefficient (Wildman–Crippen LogP) is 4.84. The van der Waals surface area contributed by atoms with Crippen LogP contribution in [0.15, 0.2) is 58.1 Å². The summed E-state index contributed by atoms with van der Waals surface area (Å²) in [6, 6.07) is 15.8. The van der Waals surface area contributed by atoms with E-state index in [1.54, 1.807) is 0 Å². The molecule has 2 aromatic carbocycles. The van der Waals surface area contributed by atoms with Gasteiger partial charge >= 0.3 is 5.97 Å². The van der Waals surface area contributed by atoms with Gasteiger partial charge in [-0.15, -0.1) is 0 Å². The molecule has 0 saturated heterocycles. The number of hydrogen-bond donors (Lipinski definition) is 1. The highest BCUT2D eigenvalue weighted by molar-refractivity contribution is 9.10. The first-order chi connectivity index (χ1) is 14.4. The number of rotatable bonds is 8. The molecule has 0 spiro atoms. The number of aliphatic carboxylic acids is 1. The second-order valence-electron chi connectivity index (χ2n) is 7.17. The first-order valence-corrected chi connectivity index (χ1v) is 10.9. The van der Waals surface area contributed by atoms with Gasteiger partial charge in [0.15, 0.2) is 0 Å². The largest absolute Gasteiger partial charge is 0.481 e. The molecular weight excluding hydrogens is 446 g/mol. The van der Waals surface area contributed by atoms with Crippen LogP contribution < -0.4 is 4.90 Å². The van der Waals surface area contributed by atoms with E-state index in [9.17, 15) is 9.59 Å². The van der Waals surface area contributed by atoms with E-state index in [0.29, 0.717) is 6.42 Å². The van der Waals surface area contributed by atoms with Gasteiger partial charge in [0.05, 0.1) is 18.2 Å². The zero-order valence-corrected chi connectivity index (χ0v) is 18.8. The third-order valence-electron chi connectivity index (χ3n) is 5.30. The molecule has 0 aromatic heterocycles. The first-order valence-electron chi connectivity index (χ1n) is 10.1. The maximum Gasteiger partial charge on any atom is 0.303 e. The summed E-state index contributed by atoms with van der Waals surface area (Å²) in [5.41, 5.74) is 3.91. The average molecular weight is 472 g/mol. The number of carboxylic acid groups (broad SMARTS) is 1. The number of carbonyl (C=O) groups is 2. The number of hydrogen-bond acceptors (Lipinski definition) is 4. The molecule has 7 heteroatoms. The first kappa shape index (κ1) is 22.0. The van der Waals surface area contributed by atoms with Crippen LogP contribution in [0, 0.1) is 0 Å². The van der Waals surface area contributed by atoms with Crippen LogP contribution in [0.2, 0.25) is 0 Å². The molecule has 30 heavy (non-hydrogen) atoms. The SMILES string of the molecule is CCN(CC)c1ccc([C@H]2CC(c3ccc(Br)cc3)=NN2C(=O)CCC(=O)O)cc1. The summed E-state index contributed by atoms with van der Waals surface area (Å²) in [5.74, 6) is -1.26.